The van der Waals surface area contributed by atoms with E-state index in [2.05, 4.69) is 11.1 Å². The molecule has 2 nitrogen and oxygen atoms in total. The molecule has 3 heteroatoms. The molecule has 3 rings (SSSR count). The van der Waals surface area contributed by atoms with Gasteiger partial charge in [0, 0.05) is 22.6 Å². The number of rotatable bonds is 3. The summed E-state index contributed by atoms with van der Waals surface area (Å²) in [6.45, 7) is 0. The molecule has 1 unspecified atom stereocenters. The largest absolute Gasteiger partial charge is 0.324 e. The van der Waals surface area contributed by atoms with Gasteiger partial charge in [-0.1, -0.05) is 48.0 Å². The van der Waals surface area contributed by atoms with Gasteiger partial charge in [0.1, 0.15) is 0 Å². The van der Waals surface area contributed by atoms with Crippen LogP contribution < -0.4 is 5.73 Å². The van der Waals surface area contributed by atoms with Crippen LogP contribution in [0.5, 0.6) is 0 Å². The third-order valence-corrected chi connectivity index (χ3v) is 3.85. The standard InChI is InChI=1S/C17H15ClN2/c18-15-7-3-1-5-12(15)11-16(19)13-9-10-20-17-8-4-2-6-14(13)17/h1-10,16H,11,19H2. The number of benzene rings is 2. The molecule has 0 saturated heterocycles. The van der Waals surface area contributed by atoms with Gasteiger partial charge in [-0.3, -0.25) is 4.98 Å². The first-order valence-corrected chi connectivity index (χ1v) is 6.96. The molecule has 0 bridgehead atoms. The van der Waals surface area contributed by atoms with Crippen LogP contribution in [0, 0.1) is 0 Å². The van der Waals surface area contributed by atoms with Crippen LogP contribution in [0.4, 0.5) is 0 Å². The molecule has 0 spiro atoms. The van der Waals surface area contributed by atoms with Crippen molar-refractivity contribution in [2.24, 2.45) is 5.73 Å². The van der Waals surface area contributed by atoms with E-state index < -0.39 is 0 Å². The first kappa shape index (κ1) is 13.1. The second-order valence-electron chi connectivity index (χ2n) is 4.82. The maximum Gasteiger partial charge on any atom is 0.0705 e. The van der Waals surface area contributed by atoms with Gasteiger partial charge < -0.3 is 5.73 Å². The van der Waals surface area contributed by atoms with Crippen LogP contribution in [0.25, 0.3) is 10.9 Å². The van der Waals surface area contributed by atoms with Gasteiger partial charge in [0.2, 0.25) is 0 Å². The van der Waals surface area contributed by atoms with Crippen molar-refractivity contribution in [2.45, 2.75) is 12.5 Å². The van der Waals surface area contributed by atoms with E-state index >= 15 is 0 Å². The molecule has 0 radical (unpaired) electrons. The fraction of sp³-hybridized carbons (Fsp3) is 0.118. The minimum Gasteiger partial charge on any atom is -0.324 e. The van der Waals surface area contributed by atoms with Crippen LogP contribution in [0.1, 0.15) is 17.2 Å². The second-order valence-corrected chi connectivity index (χ2v) is 5.23. The lowest BCUT2D eigenvalue weighted by molar-refractivity contribution is 0.727. The van der Waals surface area contributed by atoms with Gasteiger partial charge in [0.15, 0.2) is 0 Å². The Morgan fingerprint density at radius 1 is 1.00 bits per heavy atom. The normalized spacial score (nSPS) is 12.5. The maximum atomic E-state index is 6.38. The van der Waals surface area contributed by atoms with E-state index in [1.807, 2.05) is 54.7 Å². The van der Waals surface area contributed by atoms with Crippen molar-refractivity contribution in [1.82, 2.24) is 4.98 Å². The van der Waals surface area contributed by atoms with Crippen LogP contribution in [0.3, 0.4) is 0 Å². The van der Waals surface area contributed by atoms with Crippen molar-refractivity contribution in [3.63, 3.8) is 0 Å². The lowest BCUT2D eigenvalue weighted by atomic mass is 9.97. The number of fused-ring (bicyclic) bond motifs is 1. The van der Waals surface area contributed by atoms with Gasteiger partial charge in [-0.2, -0.15) is 0 Å². The number of nitrogens with zero attached hydrogens (tertiary/aromatic N) is 1. The zero-order chi connectivity index (χ0) is 13.9. The molecule has 0 aliphatic rings. The number of pyridine rings is 1. The second kappa shape index (κ2) is 5.61. The lowest BCUT2D eigenvalue weighted by Gasteiger charge is -2.15. The average molecular weight is 283 g/mol. The van der Waals surface area contributed by atoms with E-state index in [4.69, 9.17) is 17.3 Å². The summed E-state index contributed by atoms with van der Waals surface area (Å²) >= 11 is 6.21. The fourth-order valence-corrected chi connectivity index (χ4v) is 2.67. The molecule has 0 saturated carbocycles. The number of hydrogen-bond donors (Lipinski definition) is 1. The zero-order valence-electron chi connectivity index (χ0n) is 11.0. The van der Waals surface area contributed by atoms with Crippen LogP contribution in [-0.4, -0.2) is 4.98 Å². The van der Waals surface area contributed by atoms with Crippen molar-refractivity contribution in [1.29, 1.82) is 0 Å². The molecular formula is C17H15ClN2. The minimum absolute atomic E-state index is 0.0946. The summed E-state index contributed by atoms with van der Waals surface area (Å²) in [6, 6.07) is 17.8. The summed E-state index contributed by atoms with van der Waals surface area (Å²) in [5.41, 5.74) is 9.53. The first-order valence-electron chi connectivity index (χ1n) is 6.58. The van der Waals surface area contributed by atoms with Crippen molar-refractivity contribution in [3.05, 3.63) is 76.9 Å². The lowest BCUT2D eigenvalue weighted by Crippen LogP contribution is -2.14. The average Bonchev–Trinajstić information content (AvgIpc) is 2.49. The van der Waals surface area contributed by atoms with E-state index in [0.717, 1.165) is 27.1 Å². The van der Waals surface area contributed by atoms with Crippen LogP contribution in [0.2, 0.25) is 5.02 Å². The summed E-state index contributed by atoms with van der Waals surface area (Å²) in [5.74, 6) is 0. The van der Waals surface area contributed by atoms with Crippen molar-refractivity contribution < 1.29 is 0 Å². The topological polar surface area (TPSA) is 38.9 Å². The Bertz CT molecular complexity index is 734. The molecule has 100 valence electrons. The number of para-hydroxylation sites is 1. The highest BCUT2D eigenvalue weighted by Gasteiger charge is 2.12. The molecular weight excluding hydrogens is 268 g/mol. The van der Waals surface area contributed by atoms with Crippen LogP contribution >= 0.6 is 11.6 Å². The molecule has 20 heavy (non-hydrogen) atoms. The smallest absolute Gasteiger partial charge is 0.0705 e. The van der Waals surface area contributed by atoms with Gasteiger partial charge >= 0.3 is 0 Å². The van der Waals surface area contributed by atoms with Gasteiger partial charge in [-0.05, 0) is 35.7 Å². The molecule has 0 aliphatic heterocycles. The third-order valence-electron chi connectivity index (χ3n) is 3.48. The Morgan fingerprint density at radius 2 is 1.75 bits per heavy atom. The summed E-state index contributed by atoms with van der Waals surface area (Å²) in [5, 5.41) is 1.87. The molecule has 0 amide bonds. The molecule has 0 aliphatic carbocycles. The van der Waals surface area contributed by atoms with Crippen molar-refractivity contribution >= 4 is 22.5 Å². The van der Waals surface area contributed by atoms with E-state index in [9.17, 15) is 0 Å². The minimum atomic E-state index is -0.0946. The fourth-order valence-electron chi connectivity index (χ4n) is 2.45. The number of nitrogens with two attached hydrogens (primary N) is 1. The summed E-state index contributed by atoms with van der Waals surface area (Å²) in [6.07, 6.45) is 2.53. The van der Waals surface area contributed by atoms with Crippen molar-refractivity contribution in [2.75, 3.05) is 0 Å². The Hall–Kier alpha value is -1.90. The Morgan fingerprint density at radius 3 is 2.60 bits per heavy atom. The van der Waals surface area contributed by atoms with Crippen LogP contribution in [-0.2, 0) is 6.42 Å². The molecule has 2 N–H and O–H groups in total. The zero-order valence-corrected chi connectivity index (χ0v) is 11.7. The summed E-state index contributed by atoms with van der Waals surface area (Å²) in [4.78, 5) is 4.37. The Labute approximate surface area is 123 Å². The SMILES string of the molecule is NC(Cc1ccccc1Cl)c1ccnc2ccccc12. The molecule has 1 aromatic heterocycles. The Kier molecular flexibility index (Phi) is 3.68. The number of aromatic nitrogens is 1. The predicted molar refractivity (Wildman–Crippen MR) is 83.8 cm³/mol. The third kappa shape index (κ3) is 2.53. The van der Waals surface area contributed by atoms with E-state index in [-0.39, 0.29) is 6.04 Å². The summed E-state index contributed by atoms with van der Waals surface area (Å²) in [7, 11) is 0. The Balaban J connectivity index is 1.97. The highest BCUT2D eigenvalue weighted by atomic mass is 35.5. The van der Waals surface area contributed by atoms with Gasteiger partial charge in [-0.15, -0.1) is 0 Å². The molecule has 0 fully saturated rings. The molecule has 1 atom stereocenters. The maximum absolute atomic E-state index is 6.38. The quantitative estimate of drug-likeness (QED) is 0.784. The van der Waals surface area contributed by atoms with Crippen molar-refractivity contribution in [3.8, 4) is 0 Å². The van der Waals surface area contributed by atoms with E-state index in [1.54, 1.807) is 0 Å². The highest BCUT2D eigenvalue weighted by molar-refractivity contribution is 6.31. The molecule has 1 heterocycles. The molecule has 3 aromatic rings. The summed E-state index contributed by atoms with van der Waals surface area (Å²) < 4.78 is 0. The first-order chi connectivity index (χ1) is 9.75. The number of hydrogen-bond acceptors (Lipinski definition) is 2. The van der Waals surface area contributed by atoms with E-state index in [1.165, 1.54) is 0 Å². The monoisotopic (exact) mass is 282 g/mol. The molecule has 2 aromatic carbocycles. The highest BCUT2D eigenvalue weighted by Crippen LogP contribution is 2.26. The van der Waals surface area contributed by atoms with Gasteiger partial charge in [0.25, 0.3) is 0 Å². The van der Waals surface area contributed by atoms with Gasteiger partial charge in [-0.25, -0.2) is 0 Å². The van der Waals surface area contributed by atoms with Crippen LogP contribution in [0.15, 0.2) is 60.8 Å². The predicted octanol–water partition coefficient (Wildman–Crippen LogP) is 4.13. The number of halogens is 1. The van der Waals surface area contributed by atoms with E-state index in [0.29, 0.717) is 6.42 Å². The van der Waals surface area contributed by atoms with Gasteiger partial charge in [0.05, 0.1) is 5.52 Å².